The highest BCUT2D eigenvalue weighted by Crippen LogP contribution is 2.46. The van der Waals surface area contributed by atoms with Crippen LogP contribution in [0.15, 0.2) is 46.5 Å². The summed E-state index contributed by atoms with van der Waals surface area (Å²) in [5.41, 5.74) is 5.67. The number of nitrogens with zero attached hydrogens (tertiary/aromatic N) is 6. The highest BCUT2D eigenvalue weighted by Gasteiger charge is 2.38. The minimum absolute atomic E-state index is 0.0145. The number of benzene rings is 2. The van der Waals surface area contributed by atoms with Crippen molar-refractivity contribution in [1.29, 1.82) is 0 Å². The minimum atomic E-state index is -3.33. The number of fused-ring (bicyclic) bond motifs is 2. The maximum Gasteiger partial charge on any atom is 0.208 e. The van der Waals surface area contributed by atoms with Crippen molar-refractivity contribution >= 4 is 32.8 Å². The number of hydrogen-bond donors (Lipinski definition) is 1. The first kappa shape index (κ1) is 34.6. The molecule has 47 heavy (non-hydrogen) atoms. The fourth-order valence-electron chi connectivity index (χ4n) is 6.34. The lowest BCUT2D eigenvalue weighted by Crippen LogP contribution is -2.49. The molecule has 0 aliphatic carbocycles. The zero-order valence-corrected chi connectivity index (χ0v) is 30.2. The zero-order chi connectivity index (χ0) is 34.3. The predicted molar refractivity (Wildman–Crippen MR) is 189 cm³/mol. The van der Waals surface area contributed by atoms with Crippen LogP contribution in [-0.2, 0) is 10.0 Å². The Labute approximate surface area is 279 Å². The van der Waals surface area contributed by atoms with Crippen molar-refractivity contribution in [2.45, 2.75) is 85.6 Å². The van der Waals surface area contributed by atoms with Crippen molar-refractivity contribution in [3.63, 3.8) is 0 Å². The third kappa shape index (κ3) is 7.70. The van der Waals surface area contributed by atoms with Gasteiger partial charge in [-0.3, -0.25) is 0 Å². The molecule has 0 bridgehead atoms. The summed E-state index contributed by atoms with van der Waals surface area (Å²) < 4.78 is 37.2. The smallest absolute Gasteiger partial charge is 0.208 e. The summed E-state index contributed by atoms with van der Waals surface area (Å²) in [6.07, 6.45) is 3.05. The Hall–Kier alpha value is -3.77. The normalized spacial score (nSPS) is 18.9. The summed E-state index contributed by atoms with van der Waals surface area (Å²) in [7, 11) is -1.67. The van der Waals surface area contributed by atoms with Gasteiger partial charge in [0.05, 0.1) is 31.4 Å². The van der Waals surface area contributed by atoms with Crippen LogP contribution in [0.3, 0.4) is 0 Å². The van der Waals surface area contributed by atoms with Crippen molar-refractivity contribution in [3.05, 3.63) is 59.2 Å². The van der Waals surface area contributed by atoms with Gasteiger partial charge in [0.15, 0.2) is 5.82 Å². The zero-order valence-electron chi connectivity index (χ0n) is 29.4. The van der Waals surface area contributed by atoms with Crippen LogP contribution < -0.4 is 19.1 Å². The number of ether oxygens (including phenoxy) is 2. The molecule has 11 nitrogen and oxygen atoms in total. The molecule has 12 heteroatoms. The number of rotatable bonds is 11. The van der Waals surface area contributed by atoms with Crippen LogP contribution in [0.4, 0.5) is 11.4 Å². The first-order chi connectivity index (χ1) is 22.0. The van der Waals surface area contributed by atoms with Crippen LogP contribution in [-0.4, -0.2) is 73.3 Å². The van der Waals surface area contributed by atoms with Crippen molar-refractivity contribution in [2.24, 2.45) is 15.5 Å². The number of aryl methyl sites for hydroxylation is 1. The van der Waals surface area contributed by atoms with Crippen molar-refractivity contribution in [1.82, 2.24) is 19.6 Å². The second-order valence-electron chi connectivity index (χ2n) is 14.5. The molecule has 2 aliphatic heterocycles. The molecular formula is C35H49N7O4S. The van der Waals surface area contributed by atoms with E-state index in [0.717, 1.165) is 54.1 Å². The molecule has 0 saturated carbocycles. The maximum atomic E-state index is 11.7. The van der Waals surface area contributed by atoms with Crippen LogP contribution >= 0.6 is 0 Å². The Bertz CT molecular complexity index is 1790. The molecule has 5 rings (SSSR count). The third-order valence-electron chi connectivity index (χ3n) is 8.83. The molecule has 1 aromatic heterocycles. The topological polar surface area (TPSA) is 123 Å². The fourth-order valence-corrected chi connectivity index (χ4v) is 6.89. The molecule has 2 unspecified atom stereocenters. The van der Waals surface area contributed by atoms with Gasteiger partial charge in [-0.25, -0.2) is 23.1 Å². The fraction of sp³-hybridized carbons (Fsp3) is 0.543. The van der Waals surface area contributed by atoms with Crippen molar-refractivity contribution < 1.29 is 17.9 Å². The van der Waals surface area contributed by atoms with Gasteiger partial charge in [-0.15, -0.1) is 9.89 Å². The van der Waals surface area contributed by atoms with Gasteiger partial charge in [0, 0.05) is 35.6 Å². The van der Waals surface area contributed by atoms with E-state index in [4.69, 9.17) is 24.6 Å². The Morgan fingerprint density at radius 2 is 1.83 bits per heavy atom. The number of nitrogens with one attached hydrogen (secondary N) is 1. The van der Waals surface area contributed by atoms with Gasteiger partial charge in [-0.05, 0) is 87.1 Å². The molecule has 1 N–H and O–H groups in total. The Morgan fingerprint density at radius 1 is 1.15 bits per heavy atom. The summed E-state index contributed by atoms with van der Waals surface area (Å²) in [6.45, 7) is 18.9. The minimum Gasteiger partial charge on any atom is -0.497 e. The molecular weight excluding hydrogens is 614 g/mol. The lowest BCUT2D eigenvalue weighted by atomic mass is 9.79. The van der Waals surface area contributed by atoms with E-state index in [-0.39, 0.29) is 23.4 Å². The summed E-state index contributed by atoms with van der Waals surface area (Å²) in [5, 5.41) is 9.43. The second-order valence-corrected chi connectivity index (χ2v) is 16.3. The average molecular weight is 664 g/mol. The highest BCUT2D eigenvalue weighted by atomic mass is 32.2. The molecule has 254 valence electrons. The van der Waals surface area contributed by atoms with Crippen LogP contribution in [0.25, 0.3) is 0 Å². The highest BCUT2D eigenvalue weighted by molar-refractivity contribution is 7.88. The number of sulfonamides is 1. The van der Waals surface area contributed by atoms with Crippen LogP contribution in [0, 0.1) is 12.3 Å². The van der Waals surface area contributed by atoms with E-state index >= 15 is 0 Å². The molecule has 2 aliphatic rings. The molecule has 2 atom stereocenters. The number of methoxy groups -OCH3 is 1. The van der Waals surface area contributed by atoms with E-state index in [1.54, 1.807) is 11.9 Å². The van der Waals surface area contributed by atoms with E-state index in [0.29, 0.717) is 29.9 Å². The number of aromatic nitrogens is 3. The second kappa shape index (κ2) is 13.0. The molecule has 0 spiro atoms. The molecule has 0 saturated heterocycles. The van der Waals surface area contributed by atoms with Gasteiger partial charge in [-0.1, -0.05) is 34.6 Å². The first-order valence-electron chi connectivity index (χ1n) is 16.3. The van der Waals surface area contributed by atoms with Gasteiger partial charge in [-0.2, -0.15) is 5.10 Å². The monoisotopic (exact) mass is 663 g/mol. The number of anilines is 1. The maximum absolute atomic E-state index is 11.7. The number of aliphatic imine (C=N–C) groups is 1. The Kier molecular flexibility index (Phi) is 9.58. The lowest BCUT2D eigenvalue weighted by Gasteiger charge is -2.48. The van der Waals surface area contributed by atoms with E-state index < -0.39 is 10.0 Å². The van der Waals surface area contributed by atoms with E-state index in [2.05, 4.69) is 75.3 Å². The standard InChI is InChI=1S/C35H49N7O4S/c1-22-18-29-27(23(2)20-35(7,8)41(29)16-11-17-46-26-14-12-25(45-9)13-15-26)19-28(22)37-30-31(34(4,5)6)39-42-33(30)38-32(40-42)24(3)21-36-47(10,43)44/h12-15,18-19,23-24,36H,11,16-17,20-21H2,1-10H3. The van der Waals surface area contributed by atoms with Gasteiger partial charge < -0.3 is 14.4 Å². The van der Waals surface area contributed by atoms with Crippen molar-refractivity contribution in [3.8, 4) is 11.5 Å². The molecule has 0 amide bonds. The summed E-state index contributed by atoms with van der Waals surface area (Å²) in [5.74, 6) is 2.86. The Balaban J connectivity index is 1.42. The third-order valence-corrected chi connectivity index (χ3v) is 9.52. The Morgan fingerprint density at radius 3 is 2.47 bits per heavy atom. The van der Waals surface area contributed by atoms with Crippen LogP contribution in [0.1, 0.15) is 95.9 Å². The predicted octanol–water partition coefficient (Wildman–Crippen LogP) is 6.19. The van der Waals surface area contributed by atoms with Gasteiger partial charge >= 0.3 is 0 Å². The van der Waals surface area contributed by atoms with Crippen LogP contribution in [0.2, 0.25) is 0 Å². The summed E-state index contributed by atoms with van der Waals surface area (Å²) >= 11 is 0. The largest absolute Gasteiger partial charge is 0.497 e. The average Bonchev–Trinajstić information content (AvgIpc) is 3.55. The SMILES string of the molecule is COc1ccc(OCCCN2c3cc(C)c(N=C4C(C(C)(C)C)=Nn5nc(C(C)CNS(C)(=O)=O)nc54)cc3C(C)CC2(C)C)cc1. The molecule has 0 radical (unpaired) electrons. The number of hydrogen-bond acceptors (Lipinski definition) is 9. The van der Waals surface area contributed by atoms with Crippen molar-refractivity contribution in [2.75, 3.05) is 38.0 Å². The van der Waals surface area contributed by atoms with Crippen LogP contribution in [0.5, 0.6) is 11.5 Å². The quantitative estimate of drug-likeness (QED) is 0.243. The lowest BCUT2D eigenvalue weighted by molar-refractivity contribution is 0.299. The van der Waals surface area contributed by atoms with Gasteiger partial charge in [0.2, 0.25) is 15.8 Å². The van der Waals surface area contributed by atoms with E-state index in [1.807, 2.05) is 31.2 Å². The molecule has 3 heterocycles. The molecule has 0 fully saturated rings. The first-order valence-corrected chi connectivity index (χ1v) is 18.2. The van der Waals surface area contributed by atoms with E-state index in [1.165, 1.54) is 11.3 Å². The van der Waals surface area contributed by atoms with Gasteiger partial charge in [0.25, 0.3) is 0 Å². The molecule has 2 aromatic carbocycles. The van der Waals surface area contributed by atoms with Gasteiger partial charge in [0.1, 0.15) is 17.2 Å². The van der Waals surface area contributed by atoms with E-state index in [9.17, 15) is 8.42 Å². The summed E-state index contributed by atoms with van der Waals surface area (Å²) in [6, 6.07) is 12.2. The summed E-state index contributed by atoms with van der Waals surface area (Å²) in [4.78, 5) is 14.1. The molecule has 3 aromatic rings.